The topological polar surface area (TPSA) is 126 Å². The van der Waals surface area contributed by atoms with E-state index in [2.05, 4.69) is 22.0 Å². The molecule has 3 aromatic heterocycles. The fourth-order valence-electron chi connectivity index (χ4n) is 4.88. The van der Waals surface area contributed by atoms with Crippen LogP contribution in [0.1, 0.15) is 32.3 Å². The van der Waals surface area contributed by atoms with Crippen molar-refractivity contribution in [1.82, 2.24) is 15.0 Å². The summed E-state index contributed by atoms with van der Waals surface area (Å²) in [7, 11) is 0. The number of hydrogen-bond donors (Lipinski definition) is 2. The summed E-state index contributed by atoms with van der Waals surface area (Å²) < 4.78 is 0.929. The summed E-state index contributed by atoms with van der Waals surface area (Å²) in [5, 5.41) is 10.1. The molecule has 1 fully saturated rings. The van der Waals surface area contributed by atoms with Crippen LogP contribution in [0.5, 0.6) is 0 Å². The quantitative estimate of drug-likeness (QED) is 0.345. The van der Waals surface area contributed by atoms with Crippen molar-refractivity contribution < 1.29 is 14.7 Å². The van der Waals surface area contributed by atoms with Gasteiger partial charge in [-0.25, -0.2) is 14.8 Å². The van der Waals surface area contributed by atoms with Crippen LogP contribution in [0.25, 0.3) is 32.6 Å². The zero-order valence-corrected chi connectivity index (χ0v) is 22.5. The minimum absolute atomic E-state index is 0.424. The first kappa shape index (κ1) is 25.6. The molecule has 1 aromatic carbocycles. The number of fused-ring (bicyclic) bond motifs is 1. The molecule has 4 heterocycles. The molecule has 2 amide bonds. The van der Waals surface area contributed by atoms with Crippen molar-refractivity contribution in [2.75, 3.05) is 29.4 Å². The molecule has 0 radical (unpaired) electrons. The number of nitrogens with two attached hydrogens (primary N) is 1. The van der Waals surface area contributed by atoms with Crippen LogP contribution in [0.15, 0.2) is 48.8 Å². The first-order valence-electron chi connectivity index (χ1n) is 12.6. The Balaban J connectivity index is 1.54. The fraction of sp³-hybridized carbons (Fsp3) is 0.321. The number of aliphatic carboxylic acids is 1. The number of hydrogen-bond acceptors (Lipinski definition) is 7. The molecule has 1 saturated heterocycles. The van der Waals surface area contributed by atoms with Gasteiger partial charge in [-0.05, 0) is 75.1 Å². The predicted molar refractivity (Wildman–Crippen MR) is 151 cm³/mol. The van der Waals surface area contributed by atoms with Crippen LogP contribution in [-0.4, -0.2) is 51.7 Å². The highest BCUT2D eigenvalue weighted by atomic mass is 32.1. The van der Waals surface area contributed by atoms with Gasteiger partial charge in [-0.15, -0.1) is 0 Å². The number of thiazole rings is 1. The zero-order chi connectivity index (χ0) is 27.0. The number of rotatable bonds is 6. The number of carbonyl (C=O) groups is 2. The van der Waals surface area contributed by atoms with E-state index in [0.717, 1.165) is 44.0 Å². The Labute approximate surface area is 225 Å². The van der Waals surface area contributed by atoms with E-state index in [1.54, 1.807) is 6.20 Å². The lowest BCUT2D eigenvalue weighted by Crippen LogP contribution is -2.43. The van der Waals surface area contributed by atoms with Crippen molar-refractivity contribution in [2.24, 2.45) is 11.1 Å². The Morgan fingerprint density at radius 3 is 2.53 bits per heavy atom. The number of carboxylic acid groups (broad SMARTS) is 1. The largest absolute Gasteiger partial charge is 0.481 e. The Morgan fingerprint density at radius 2 is 1.92 bits per heavy atom. The Hall–Kier alpha value is -4.05. The highest BCUT2D eigenvalue weighted by molar-refractivity contribution is 7.23. The number of piperidine rings is 1. The second kappa shape index (κ2) is 10.0. The third-order valence-corrected chi connectivity index (χ3v) is 8.43. The molecule has 9 nitrogen and oxygen atoms in total. The first-order valence-corrected chi connectivity index (χ1v) is 13.4. The number of carbonyl (C=O) groups excluding carboxylic acids is 1. The summed E-state index contributed by atoms with van der Waals surface area (Å²) in [6.07, 6.45) is 4.78. The van der Waals surface area contributed by atoms with Gasteiger partial charge in [0.1, 0.15) is 5.82 Å². The van der Waals surface area contributed by atoms with E-state index in [1.807, 2.05) is 51.2 Å². The molecule has 1 aliphatic heterocycles. The molecule has 0 saturated carbocycles. The number of amides is 2. The van der Waals surface area contributed by atoms with E-state index in [1.165, 1.54) is 16.2 Å². The molecule has 38 heavy (non-hydrogen) atoms. The average molecular weight is 531 g/mol. The van der Waals surface area contributed by atoms with Crippen LogP contribution < -0.4 is 15.5 Å². The molecule has 0 spiro atoms. The van der Waals surface area contributed by atoms with E-state index >= 15 is 0 Å². The molecule has 5 rings (SSSR count). The van der Waals surface area contributed by atoms with Crippen LogP contribution in [0.3, 0.4) is 0 Å². The summed E-state index contributed by atoms with van der Waals surface area (Å²) in [6, 6.07) is 11.4. The molecule has 3 N–H and O–H groups in total. The van der Waals surface area contributed by atoms with E-state index in [-0.39, 0.29) is 0 Å². The molecule has 0 unspecified atom stereocenters. The van der Waals surface area contributed by atoms with Gasteiger partial charge in [-0.3, -0.25) is 14.7 Å². The molecular weight excluding hydrogens is 500 g/mol. The monoisotopic (exact) mass is 530 g/mol. The summed E-state index contributed by atoms with van der Waals surface area (Å²) in [5.74, 6) is 0.141. The zero-order valence-electron chi connectivity index (χ0n) is 21.6. The van der Waals surface area contributed by atoms with Crippen LogP contribution >= 0.6 is 11.3 Å². The lowest BCUT2D eigenvalue weighted by Gasteiger charge is -2.37. The van der Waals surface area contributed by atoms with E-state index in [0.29, 0.717) is 37.6 Å². The Bertz CT molecular complexity index is 1510. The van der Waals surface area contributed by atoms with Crippen molar-refractivity contribution >= 4 is 44.5 Å². The van der Waals surface area contributed by atoms with Gasteiger partial charge in [-0.1, -0.05) is 17.4 Å². The minimum atomic E-state index is -0.737. The van der Waals surface area contributed by atoms with Gasteiger partial charge in [-0.2, -0.15) is 0 Å². The van der Waals surface area contributed by atoms with E-state index in [9.17, 15) is 14.7 Å². The lowest BCUT2D eigenvalue weighted by molar-refractivity contribution is -0.149. The summed E-state index contributed by atoms with van der Waals surface area (Å²) in [5.41, 5.74) is 10.3. The van der Waals surface area contributed by atoms with Gasteiger partial charge >= 0.3 is 12.0 Å². The molecule has 0 bridgehead atoms. The number of nitrogens with zero attached hydrogens (tertiary/aromatic N) is 5. The van der Waals surface area contributed by atoms with Crippen molar-refractivity contribution in [1.29, 1.82) is 0 Å². The highest BCUT2D eigenvalue weighted by Crippen LogP contribution is 2.40. The molecule has 0 aliphatic carbocycles. The number of carboxylic acids is 1. The smallest absolute Gasteiger partial charge is 0.321 e. The maximum absolute atomic E-state index is 12.0. The van der Waals surface area contributed by atoms with Crippen molar-refractivity contribution in [3.8, 4) is 22.4 Å². The molecular formula is C28H30N6O3S. The van der Waals surface area contributed by atoms with Gasteiger partial charge in [0.15, 0.2) is 5.13 Å². The lowest BCUT2D eigenvalue weighted by atomic mass is 9.80. The maximum atomic E-state index is 12.0. The highest BCUT2D eigenvalue weighted by Gasteiger charge is 2.37. The van der Waals surface area contributed by atoms with Gasteiger partial charge < -0.3 is 15.7 Å². The molecule has 10 heteroatoms. The molecule has 4 aromatic rings. The number of aromatic nitrogens is 3. The number of benzene rings is 1. The second-order valence-electron chi connectivity index (χ2n) is 9.88. The maximum Gasteiger partial charge on any atom is 0.321 e. The summed E-state index contributed by atoms with van der Waals surface area (Å²) in [6.45, 7) is 7.44. The third-order valence-electron chi connectivity index (χ3n) is 7.30. The number of aryl methyl sites for hydroxylation is 1. The minimum Gasteiger partial charge on any atom is -0.481 e. The van der Waals surface area contributed by atoms with Gasteiger partial charge in [0.05, 0.1) is 21.3 Å². The van der Waals surface area contributed by atoms with Crippen molar-refractivity contribution in [3.05, 3.63) is 54.4 Å². The Kier molecular flexibility index (Phi) is 6.75. The first-order chi connectivity index (χ1) is 18.2. The van der Waals surface area contributed by atoms with E-state index in [4.69, 9.17) is 15.7 Å². The summed E-state index contributed by atoms with van der Waals surface area (Å²) in [4.78, 5) is 41.4. The average Bonchev–Trinajstić information content (AvgIpc) is 3.33. The SMILES string of the molecule is CCN(C(N)=O)c1nc2cc(-c3cnc(N4CCC(C)(C(=O)O)CC4)c(C)c3)cc(-c3ccccn3)c2s1. The van der Waals surface area contributed by atoms with Crippen LogP contribution in [0.4, 0.5) is 15.7 Å². The second-order valence-corrected chi connectivity index (χ2v) is 10.9. The van der Waals surface area contributed by atoms with Crippen LogP contribution in [-0.2, 0) is 4.79 Å². The summed E-state index contributed by atoms with van der Waals surface area (Å²) >= 11 is 1.42. The van der Waals surface area contributed by atoms with Gasteiger partial charge in [0.2, 0.25) is 0 Å². The molecule has 1 aliphatic rings. The number of anilines is 2. The number of urea groups is 1. The third kappa shape index (κ3) is 4.67. The Morgan fingerprint density at radius 1 is 1.16 bits per heavy atom. The standard InChI is InChI=1S/C28H30N6O3S/c1-4-34(26(29)37)27-32-22-15-18(14-20(23(22)38-27)21-7-5-6-10-30-21)19-13-17(2)24(31-16-19)33-11-8-28(3,9-12-33)25(35)36/h5-7,10,13-16H,4,8-9,11-12H2,1-3H3,(H2,29,37)(H,35,36). The number of pyridine rings is 2. The van der Waals surface area contributed by atoms with Crippen LogP contribution in [0.2, 0.25) is 0 Å². The number of primary amides is 1. The van der Waals surface area contributed by atoms with Crippen LogP contribution in [0, 0.1) is 12.3 Å². The molecule has 0 atom stereocenters. The normalized spacial score (nSPS) is 15.0. The molecule has 196 valence electrons. The predicted octanol–water partition coefficient (Wildman–Crippen LogP) is 5.32. The fourth-order valence-corrected chi connectivity index (χ4v) is 6.02. The van der Waals surface area contributed by atoms with Crippen molar-refractivity contribution in [2.45, 2.75) is 33.6 Å². The van der Waals surface area contributed by atoms with E-state index < -0.39 is 17.4 Å². The van der Waals surface area contributed by atoms with Gasteiger partial charge in [0, 0.05) is 43.2 Å². The van der Waals surface area contributed by atoms with Crippen molar-refractivity contribution in [3.63, 3.8) is 0 Å². The van der Waals surface area contributed by atoms with Gasteiger partial charge in [0.25, 0.3) is 0 Å².